The van der Waals surface area contributed by atoms with Crippen molar-refractivity contribution in [2.75, 3.05) is 26.0 Å². The van der Waals surface area contributed by atoms with Crippen molar-refractivity contribution in [2.24, 2.45) is 0 Å². The summed E-state index contributed by atoms with van der Waals surface area (Å²) >= 11 is 0. The van der Waals surface area contributed by atoms with Gasteiger partial charge in [0, 0.05) is 25.8 Å². The van der Waals surface area contributed by atoms with Crippen molar-refractivity contribution in [1.82, 2.24) is 4.90 Å². The number of carbonyl (C=O) groups excluding carboxylic acids is 1. The van der Waals surface area contributed by atoms with Crippen LogP contribution in [-0.2, 0) is 14.6 Å². The molecule has 1 aromatic rings. The van der Waals surface area contributed by atoms with Crippen molar-refractivity contribution in [3.05, 3.63) is 41.5 Å². The molecule has 5 nitrogen and oxygen atoms in total. The van der Waals surface area contributed by atoms with E-state index in [1.807, 2.05) is 0 Å². The first-order chi connectivity index (χ1) is 12.0. The molecule has 3 rings (SSSR count). The molecule has 0 saturated carbocycles. The predicted molar refractivity (Wildman–Crippen MR) is 98.0 cm³/mol. The molecule has 2 aliphatic heterocycles. The molecule has 0 aliphatic carbocycles. The van der Waals surface area contributed by atoms with Crippen molar-refractivity contribution in [2.45, 2.75) is 38.2 Å². The van der Waals surface area contributed by atoms with E-state index in [0.29, 0.717) is 29.0 Å². The maximum Gasteiger partial charge on any atom is 0.253 e. The Balaban J connectivity index is 1.66. The monoisotopic (exact) mass is 363 g/mol. The molecule has 1 atom stereocenters. The smallest absolute Gasteiger partial charge is 0.253 e. The Labute approximate surface area is 149 Å². The third-order valence-electron chi connectivity index (χ3n) is 4.85. The van der Waals surface area contributed by atoms with Gasteiger partial charge in [-0.05, 0) is 49.8 Å². The van der Waals surface area contributed by atoms with Crippen LogP contribution in [0.15, 0.2) is 30.3 Å². The van der Waals surface area contributed by atoms with Crippen molar-refractivity contribution in [3.8, 4) is 0 Å². The molecule has 1 fully saturated rings. The van der Waals surface area contributed by atoms with E-state index in [1.54, 1.807) is 42.3 Å². The molecule has 1 amide bonds. The van der Waals surface area contributed by atoms with Crippen LogP contribution in [-0.4, -0.2) is 51.3 Å². The molecular weight excluding hydrogens is 338 g/mol. The van der Waals surface area contributed by atoms with Crippen LogP contribution in [0.5, 0.6) is 0 Å². The molecule has 2 aliphatic rings. The Kier molecular flexibility index (Phi) is 5.59. The van der Waals surface area contributed by atoms with Crippen molar-refractivity contribution >= 4 is 20.6 Å². The van der Waals surface area contributed by atoms with Gasteiger partial charge in [-0.1, -0.05) is 18.2 Å². The second-order valence-electron chi connectivity index (χ2n) is 6.76. The molecule has 0 unspecified atom stereocenters. The Morgan fingerprint density at radius 3 is 2.84 bits per heavy atom. The van der Waals surface area contributed by atoms with Crippen LogP contribution in [0.25, 0.3) is 4.91 Å². The van der Waals surface area contributed by atoms with Crippen LogP contribution in [0.2, 0.25) is 0 Å². The van der Waals surface area contributed by atoms with E-state index in [9.17, 15) is 13.2 Å². The SMILES string of the molecule is CN(CC[C@H]1CCCCO1)C(=O)c1cccc(C2=CCCS2(=O)=O)c1. The first-order valence-corrected chi connectivity index (χ1v) is 10.5. The maximum atomic E-state index is 12.7. The largest absolute Gasteiger partial charge is 0.378 e. The van der Waals surface area contributed by atoms with Crippen LogP contribution in [0.3, 0.4) is 0 Å². The van der Waals surface area contributed by atoms with Crippen molar-refractivity contribution in [3.63, 3.8) is 0 Å². The highest BCUT2D eigenvalue weighted by atomic mass is 32.2. The average molecular weight is 363 g/mol. The molecular formula is C19H25NO4S. The number of allylic oxidation sites excluding steroid dienone is 1. The van der Waals surface area contributed by atoms with Crippen molar-refractivity contribution < 1.29 is 17.9 Å². The van der Waals surface area contributed by atoms with Gasteiger partial charge in [0.1, 0.15) is 0 Å². The molecule has 1 saturated heterocycles. The van der Waals surface area contributed by atoms with Gasteiger partial charge < -0.3 is 9.64 Å². The van der Waals surface area contributed by atoms with Gasteiger partial charge in [0.05, 0.1) is 16.8 Å². The fourth-order valence-corrected chi connectivity index (χ4v) is 4.89. The maximum absolute atomic E-state index is 12.7. The summed E-state index contributed by atoms with van der Waals surface area (Å²) in [5.74, 6) is 0.0654. The van der Waals surface area contributed by atoms with Gasteiger partial charge in [-0.15, -0.1) is 0 Å². The van der Waals surface area contributed by atoms with Crippen LogP contribution in [0, 0.1) is 0 Å². The van der Waals surface area contributed by atoms with E-state index < -0.39 is 9.84 Å². The van der Waals surface area contributed by atoms with Gasteiger partial charge in [-0.25, -0.2) is 8.42 Å². The summed E-state index contributed by atoms with van der Waals surface area (Å²) in [4.78, 5) is 14.7. The predicted octanol–water partition coefficient (Wildman–Crippen LogP) is 2.88. The van der Waals surface area contributed by atoms with Gasteiger partial charge in [-0.3, -0.25) is 4.79 Å². The summed E-state index contributed by atoms with van der Waals surface area (Å²) < 4.78 is 29.9. The third-order valence-corrected chi connectivity index (χ3v) is 6.70. The lowest BCUT2D eigenvalue weighted by Gasteiger charge is -2.25. The number of carbonyl (C=O) groups is 1. The van der Waals surface area contributed by atoms with Gasteiger partial charge >= 0.3 is 0 Å². The number of amides is 1. The molecule has 0 spiro atoms. The molecule has 2 heterocycles. The zero-order chi connectivity index (χ0) is 17.9. The fraction of sp³-hybridized carbons (Fsp3) is 0.526. The van der Waals surface area contributed by atoms with Crippen LogP contribution >= 0.6 is 0 Å². The molecule has 0 bridgehead atoms. The van der Waals surface area contributed by atoms with E-state index in [-0.39, 0.29) is 17.8 Å². The number of hydrogen-bond acceptors (Lipinski definition) is 4. The Bertz CT molecular complexity index is 763. The minimum absolute atomic E-state index is 0.0892. The molecule has 0 radical (unpaired) electrons. The topological polar surface area (TPSA) is 63.7 Å². The summed E-state index contributed by atoms with van der Waals surface area (Å²) in [6, 6.07) is 6.92. The summed E-state index contributed by atoms with van der Waals surface area (Å²) in [5, 5.41) is 0. The van der Waals surface area contributed by atoms with Crippen LogP contribution in [0.4, 0.5) is 0 Å². The zero-order valence-electron chi connectivity index (χ0n) is 14.6. The summed E-state index contributed by atoms with van der Waals surface area (Å²) in [6.07, 6.45) is 6.72. The first-order valence-electron chi connectivity index (χ1n) is 8.88. The first kappa shape index (κ1) is 18.1. The third kappa shape index (κ3) is 4.30. The number of sulfone groups is 1. The lowest BCUT2D eigenvalue weighted by molar-refractivity contribution is 0.00709. The molecule has 1 aromatic carbocycles. The van der Waals surface area contributed by atoms with E-state index >= 15 is 0 Å². The molecule has 136 valence electrons. The highest BCUT2D eigenvalue weighted by Crippen LogP contribution is 2.29. The highest BCUT2D eigenvalue weighted by molar-refractivity contribution is 8.00. The number of rotatable bonds is 5. The standard InChI is InChI=1S/C19H25NO4S/c1-20(11-10-17-8-2-3-12-24-17)19(21)16-7-4-6-15(14-16)18-9-5-13-25(18,22)23/h4,6-7,9,14,17H,2-3,5,8,10-13H2,1H3/t17-/m1/s1. The van der Waals surface area contributed by atoms with Gasteiger partial charge in [0.25, 0.3) is 5.91 Å². The zero-order valence-corrected chi connectivity index (χ0v) is 15.4. The van der Waals surface area contributed by atoms with E-state index in [1.165, 1.54) is 6.42 Å². The number of nitrogens with zero attached hydrogens (tertiary/aromatic N) is 1. The molecule has 0 N–H and O–H groups in total. The van der Waals surface area contributed by atoms with Crippen LogP contribution in [0.1, 0.15) is 48.0 Å². The summed E-state index contributed by atoms with van der Waals surface area (Å²) in [7, 11) is -1.43. The Morgan fingerprint density at radius 2 is 2.16 bits per heavy atom. The number of benzene rings is 1. The second kappa shape index (κ2) is 7.70. The Morgan fingerprint density at radius 1 is 1.32 bits per heavy atom. The highest BCUT2D eigenvalue weighted by Gasteiger charge is 2.25. The van der Waals surface area contributed by atoms with Crippen molar-refractivity contribution in [1.29, 1.82) is 0 Å². The summed E-state index contributed by atoms with van der Waals surface area (Å²) in [5.41, 5.74) is 1.12. The lowest BCUT2D eigenvalue weighted by Crippen LogP contribution is -2.31. The van der Waals surface area contributed by atoms with E-state index in [4.69, 9.17) is 4.74 Å². The minimum Gasteiger partial charge on any atom is -0.378 e. The number of ether oxygens (including phenoxy) is 1. The lowest BCUT2D eigenvalue weighted by atomic mass is 10.1. The summed E-state index contributed by atoms with van der Waals surface area (Å²) in [6.45, 7) is 1.45. The Hall–Kier alpha value is -1.66. The van der Waals surface area contributed by atoms with E-state index in [0.717, 1.165) is 25.9 Å². The second-order valence-corrected chi connectivity index (χ2v) is 8.84. The van der Waals surface area contributed by atoms with E-state index in [2.05, 4.69) is 0 Å². The quantitative estimate of drug-likeness (QED) is 0.807. The van der Waals surface area contributed by atoms with Crippen LogP contribution < -0.4 is 0 Å². The van der Waals surface area contributed by atoms with Gasteiger partial charge in [0.15, 0.2) is 9.84 Å². The molecule has 6 heteroatoms. The van der Waals surface area contributed by atoms with Gasteiger partial charge in [0.2, 0.25) is 0 Å². The average Bonchev–Trinajstić information content (AvgIpc) is 2.99. The fourth-order valence-electron chi connectivity index (χ4n) is 3.38. The molecule has 0 aromatic heterocycles. The molecule has 25 heavy (non-hydrogen) atoms. The minimum atomic E-state index is -3.21. The normalized spacial score (nSPS) is 22.4. The van der Waals surface area contributed by atoms with Gasteiger partial charge in [-0.2, -0.15) is 0 Å². The number of hydrogen-bond donors (Lipinski definition) is 0.